The van der Waals surface area contributed by atoms with Crippen LogP contribution >= 0.6 is 11.8 Å². The lowest BCUT2D eigenvalue weighted by Crippen LogP contribution is -1.91. The van der Waals surface area contributed by atoms with Crippen molar-refractivity contribution in [2.45, 2.75) is 17.8 Å². The van der Waals surface area contributed by atoms with Gasteiger partial charge in [0.2, 0.25) is 0 Å². The van der Waals surface area contributed by atoms with Crippen molar-refractivity contribution in [1.82, 2.24) is 9.55 Å². The highest BCUT2D eigenvalue weighted by Gasteiger charge is 2.09. The number of nitrogens with zero attached hydrogens (tertiary/aromatic N) is 2. The Balaban J connectivity index is 2.13. The lowest BCUT2D eigenvalue weighted by molar-refractivity contribution is 0.371. The summed E-state index contributed by atoms with van der Waals surface area (Å²) in [6, 6.07) is 5.51. The van der Waals surface area contributed by atoms with E-state index in [0.29, 0.717) is 11.5 Å². The number of thioether (sulfide) groups is 1. The van der Waals surface area contributed by atoms with Gasteiger partial charge in [0.05, 0.1) is 12.8 Å². The van der Waals surface area contributed by atoms with Gasteiger partial charge in [0, 0.05) is 24.6 Å². The number of aromatic hydroxyl groups is 1. The molecule has 0 aliphatic carbocycles. The second-order valence-electron chi connectivity index (χ2n) is 4.03. The molecule has 1 heterocycles. The fourth-order valence-corrected chi connectivity index (χ4v) is 2.70. The van der Waals surface area contributed by atoms with Gasteiger partial charge in [0.25, 0.3) is 0 Å². The molecular weight excluding hydrogens is 248 g/mol. The van der Waals surface area contributed by atoms with Crippen molar-refractivity contribution in [3.05, 3.63) is 35.7 Å². The van der Waals surface area contributed by atoms with Gasteiger partial charge in [-0.3, -0.25) is 0 Å². The van der Waals surface area contributed by atoms with E-state index in [9.17, 15) is 5.11 Å². The van der Waals surface area contributed by atoms with Crippen molar-refractivity contribution in [2.75, 3.05) is 7.11 Å². The Bertz CT molecular complexity index is 552. The van der Waals surface area contributed by atoms with E-state index in [1.165, 1.54) is 0 Å². The summed E-state index contributed by atoms with van der Waals surface area (Å²) in [5.74, 6) is 1.37. The molecule has 1 aromatic heterocycles. The minimum atomic E-state index is 0.207. The molecule has 0 radical (unpaired) electrons. The molecule has 1 aromatic carbocycles. The van der Waals surface area contributed by atoms with E-state index >= 15 is 0 Å². The zero-order valence-electron chi connectivity index (χ0n) is 10.7. The first kappa shape index (κ1) is 12.8. The molecule has 0 saturated heterocycles. The number of ether oxygens (including phenoxy) is 1. The average molecular weight is 264 g/mol. The highest BCUT2D eigenvalue weighted by molar-refractivity contribution is 7.98. The second-order valence-corrected chi connectivity index (χ2v) is 4.97. The third-order valence-electron chi connectivity index (χ3n) is 2.61. The quantitative estimate of drug-likeness (QED) is 0.863. The zero-order valence-corrected chi connectivity index (χ0v) is 11.5. The summed E-state index contributed by atoms with van der Waals surface area (Å²) >= 11 is 1.59. The minimum absolute atomic E-state index is 0.207. The first-order valence-corrected chi connectivity index (χ1v) is 6.58. The molecule has 18 heavy (non-hydrogen) atoms. The number of phenols is 1. The Kier molecular flexibility index (Phi) is 3.81. The van der Waals surface area contributed by atoms with Crippen molar-refractivity contribution in [2.24, 2.45) is 7.05 Å². The van der Waals surface area contributed by atoms with Crippen LogP contribution in [0.2, 0.25) is 0 Å². The van der Waals surface area contributed by atoms with E-state index in [-0.39, 0.29) is 5.75 Å². The summed E-state index contributed by atoms with van der Waals surface area (Å²) in [6.45, 7) is 1.97. The monoisotopic (exact) mass is 264 g/mol. The van der Waals surface area contributed by atoms with E-state index in [0.717, 1.165) is 16.4 Å². The molecule has 0 aliphatic heterocycles. The summed E-state index contributed by atoms with van der Waals surface area (Å²) in [7, 11) is 3.52. The predicted molar refractivity (Wildman–Crippen MR) is 72.2 cm³/mol. The van der Waals surface area contributed by atoms with Crippen LogP contribution in [0.4, 0.5) is 0 Å². The van der Waals surface area contributed by atoms with E-state index in [1.807, 2.05) is 36.9 Å². The van der Waals surface area contributed by atoms with Crippen LogP contribution in [0.25, 0.3) is 0 Å². The van der Waals surface area contributed by atoms with Gasteiger partial charge in [0.15, 0.2) is 16.7 Å². The van der Waals surface area contributed by atoms with Crippen molar-refractivity contribution in [3.63, 3.8) is 0 Å². The van der Waals surface area contributed by atoms with Crippen molar-refractivity contribution in [3.8, 4) is 11.5 Å². The molecule has 96 valence electrons. The van der Waals surface area contributed by atoms with Gasteiger partial charge >= 0.3 is 0 Å². The summed E-state index contributed by atoms with van der Waals surface area (Å²) in [5, 5.41) is 10.9. The van der Waals surface area contributed by atoms with Crippen molar-refractivity contribution < 1.29 is 9.84 Å². The first-order valence-electron chi connectivity index (χ1n) is 5.59. The first-order chi connectivity index (χ1) is 8.61. The number of methoxy groups -OCH3 is 1. The van der Waals surface area contributed by atoms with Crippen LogP contribution in [0, 0.1) is 6.92 Å². The van der Waals surface area contributed by atoms with Crippen LogP contribution in [0.3, 0.4) is 0 Å². The zero-order chi connectivity index (χ0) is 13.1. The summed E-state index contributed by atoms with van der Waals surface area (Å²) in [4.78, 5) is 4.41. The Morgan fingerprint density at radius 3 is 2.83 bits per heavy atom. The Hall–Kier alpha value is -1.62. The van der Waals surface area contributed by atoms with Crippen LogP contribution in [-0.4, -0.2) is 21.8 Å². The summed E-state index contributed by atoms with van der Waals surface area (Å²) < 4.78 is 7.07. The second kappa shape index (κ2) is 5.35. The number of hydrogen-bond donors (Lipinski definition) is 1. The SMILES string of the molecule is COc1cccc(CSc2nc(C)cn2C)c1O. The average Bonchev–Trinajstić information content (AvgIpc) is 2.66. The lowest BCUT2D eigenvalue weighted by atomic mass is 10.2. The molecule has 2 rings (SSSR count). The maximum atomic E-state index is 9.98. The Morgan fingerprint density at radius 2 is 2.22 bits per heavy atom. The summed E-state index contributed by atoms with van der Waals surface area (Å²) in [5.41, 5.74) is 1.84. The number of hydrogen-bond acceptors (Lipinski definition) is 4. The largest absolute Gasteiger partial charge is 0.504 e. The van der Waals surface area contributed by atoms with E-state index in [4.69, 9.17) is 4.74 Å². The number of aryl methyl sites for hydroxylation is 2. The number of aromatic nitrogens is 2. The molecule has 0 aliphatic rings. The molecule has 4 nitrogen and oxygen atoms in total. The standard InChI is InChI=1S/C13H16N2O2S/c1-9-7-15(2)13(14-9)18-8-10-5-4-6-11(17-3)12(10)16/h4-7,16H,8H2,1-3H3. The Labute approximate surface area is 111 Å². The molecular formula is C13H16N2O2S. The lowest BCUT2D eigenvalue weighted by Gasteiger charge is -2.08. The van der Waals surface area contributed by atoms with E-state index in [2.05, 4.69) is 4.98 Å². The highest BCUT2D eigenvalue weighted by atomic mass is 32.2. The van der Waals surface area contributed by atoms with Gasteiger partial charge in [-0.25, -0.2) is 4.98 Å². The highest BCUT2D eigenvalue weighted by Crippen LogP contribution is 2.33. The molecule has 0 unspecified atom stereocenters. The smallest absolute Gasteiger partial charge is 0.168 e. The van der Waals surface area contributed by atoms with Crippen LogP contribution in [0.15, 0.2) is 29.6 Å². The van der Waals surface area contributed by atoms with Crippen molar-refractivity contribution in [1.29, 1.82) is 0 Å². The van der Waals surface area contributed by atoms with Crippen molar-refractivity contribution >= 4 is 11.8 Å². The van der Waals surface area contributed by atoms with Gasteiger partial charge in [-0.15, -0.1) is 0 Å². The van der Waals surface area contributed by atoms with Gasteiger partial charge in [-0.2, -0.15) is 0 Å². The molecule has 0 saturated carbocycles. The van der Waals surface area contributed by atoms with Gasteiger partial charge in [0.1, 0.15) is 0 Å². The maximum absolute atomic E-state index is 9.98. The van der Waals surface area contributed by atoms with Gasteiger partial charge in [-0.1, -0.05) is 23.9 Å². The summed E-state index contributed by atoms with van der Waals surface area (Å²) in [6.07, 6.45) is 1.98. The number of phenolic OH excluding ortho intramolecular Hbond substituents is 1. The van der Waals surface area contributed by atoms with Gasteiger partial charge in [-0.05, 0) is 13.0 Å². The molecule has 1 N–H and O–H groups in total. The predicted octanol–water partition coefficient (Wildman–Crippen LogP) is 2.74. The fourth-order valence-electron chi connectivity index (χ4n) is 1.72. The third-order valence-corrected chi connectivity index (χ3v) is 3.71. The van der Waals surface area contributed by atoms with E-state index < -0.39 is 0 Å². The molecule has 0 bridgehead atoms. The van der Waals surface area contributed by atoms with Crippen LogP contribution < -0.4 is 4.74 Å². The van der Waals surface area contributed by atoms with Crippen LogP contribution in [0.1, 0.15) is 11.3 Å². The topological polar surface area (TPSA) is 47.3 Å². The molecule has 0 atom stereocenters. The molecule has 0 amide bonds. The third kappa shape index (κ3) is 2.61. The molecule has 0 fully saturated rings. The molecule has 0 spiro atoms. The number of benzene rings is 1. The minimum Gasteiger partial charge on any atom is -0.504 e. The fraction of sp³-hybridized carbons (Fsp3) is 0.308. The number of imidazole rings is 1. The molecule has 2 aromatic rings. The Morgan fingerprint density at radius 1 is 1.44 bits per heavy atom. The number of rotatable bonds is 4. The van der Waals surface area contributed by atoms with Crippen LogP contribution in [-0.2, 0) is 12.8 Å². The maximum Gasteiger partial charge on any atom is 0.168 e. The van der Waals surface area contributed by atoms with Crippen LogP contribution in [0.5, 0.6) is 11.5 Å². The number of para-hydroxylation sites is 1. The normalized spacial score (nSPS) is 10.6. The van der Waals surface area contributed by atoms with Gasteiger partial charge < -0.3 is 14.4 Å². The van der Waals surface area contributed by atoms with E-state index in [1.54, 1.807) is 24.9 Å². The molecule has 5 heteroatoms.